The molecule has 2 atom stereocenters. The Balaban J connectivity index is 5.83. The van der Waals surface area contributed by atoms with E-state index in [9.17, 15) is 19.2 Å². The molecule has 0 radical (unpaired) electrons. The predicted octanol–water partition coefficient (Wildman–Crippen LogP) is 2.65. The van der Waals surface area contributed by atoms with Crippen molar-refractivity contribution in [3.63, 3.8) is 0 Å². The summed E-state index contributed by atoms with van der Waals surface area (Å²) in [7, 11) is 0. The number of hydrogen-bond donors (Lipinski definition) is 0. The molecule has 29 heavy (non-hydrogen) atoms. The van der Waals surface area contributed by atoms with Crippen LogP contribution in [0, 0.1) is 0 Å². The van der Waals surface area contributed by atoms with Gasteiger partial charge in [-0.1, -0.05) is 0 Å². The second kappa shape index (κ2) is 15.2. The van der Waals surface area contributed by atoms with Crippen LogP contribution in [0.5, 0.6) is 0 Å². The molecule has 0 aromatic carbocycles. The van der Waals surface area contributed by atoms with Crippen LogP contribution in [0.2, 0.25) is 0 Å². The second-order valence-corrected chi connectivity index (χ2v) is 13.8. The van der Waals surface area contributed by atoms with Crippen molar-refractivity contribution < 1.29 is 55.4 Å². The Morgan fingerprint density at radius 2 is 1.03 bits per heavy atom. The molecule has 9 heteroatoms. The first-order valence-corrected chi connectivity index (χ1v) is 14.7. The van der Waals surface area contributed by atoms with Crippen LogP contribution in [-0.4, -0.2) is 57.2 Å². The molecule has 0 rings (SSSR count). The summed E-state index contributed by atoms with van der Waals surface area (Å²) in [5.74, 6) is -0.876. The number of ether oxygens (including phenoxy) is 2. The van der Waals surface area contributed by atoms with Gasteiger partial charge in [0.15, 0.2) is 0 Å². The molecule has 0 aliphatic rings. The Morgan fingerprint density at radius 1 is 0.690 bits per heavy atom. The van der Waals surface area contributed by atoms with E-state index in [1.807, 2.05) is 13.8 Å². The number of ketones is 2. The fourth-order valence-corrected chi connectivity index (χ4v) is 10.2. The summed E-state index contributed by atoms with van der Waals surface area (Å²) >= 11 is -5.17. The number of Topliss-reactive ketones (excluding diaryl/α,β-unsaturated/α-hetero) is 2. The van der Waals surface area contributed by atoms with E-state index in [4.69, 9.17) is 15.1 Å². The number of rotatable bonds is 18. The van der Waals surface area contributed by atoms with Gasteiger partial charge in [0.25, 0.3) is 0 Å². The van der Waals surface area contributed by atoms with Gasteiger partial charge in [0, 0.05) is 0 Å². The van der Waals surface area contributed by atoms with Crippen LogP contribution in [0.1, 0.15) is 67.2 Å². The summed E-state index contributed by atoms with van der Waals surface area (Å²) in [6.07, 6.45) is -0.687. The summed E-state index contributed by atoms with van der Waals surface area (Å²) in [6.45, 7) is 10.9. The summed E-state index contributed by atoms with van der Waals surface area (Å²) in [5, 5.41) is 0. The van der Waals surface area contributed by atoms with Crippen molar-refractivity contribution in [1.82, 2.24) is 0 Å². The van der Waals surface area contributed by atoms with Crippen LogP contribution in [0.25, 0.3) is 0 Å². The molecular weight excluding hydrogens is 459 g/mol. The van der Waals surface area contributed by atoms with Gasteiger partial charge in [0.2, 0.25) is 0 Å². The van der Waals surface area contributed by atoms with E-state index in [1.165, 1.54) is 0 Å². The van der Waals surface area contributed by atoms with Crippen molar-refractivity contribution in [2.24, 2.45) is 0 Å². The number of carbonyl (C=O) groups is 4. The Hall–Kier alpha value is -0.597. The number of hydrogen-bond acceptors (Lipinski definition) is 8. The van der Waals surface area contributed by atoms with E-state index in [2.05, 4.69) is 0 Å². The van der Waals surface area contributed by atoms with E-state index in [-0.39, 0.29) is 13.2 Å². The van der Waals surface area contributed by atoms with E-state index in [0.717, 1.165) is 0 Å². The molecule has 0 saturated carbocycles. The number of carbonyl (C=O) groups excluding carboxylic acids is 4. The van der Waals surface area contributed by atoms with Gasteiger partial charge >= 0.3 is 180 Å². The molecule has 0 aliphatic carbocycles. The van der Waals surface area contributed by atoms with Gasteiger partial charge in [-0.3, -0.25) is 0 Å². The fraction of sp³-hybridized carbons (Fsp3) is 0.800. The van der Waals surface area contributed by atoms with Crippen LogP contribution >= 0.6 is 0 Å². The zero-order chi connectivity index (χ0) is 22.4. The van der Waals surface area contributed by atoms with Crippen LogP contribution in [0.3, 0.4) is 0 Å². The first-order chi connectivity index (χ1) is 13.7. The van der Waals surface area contributed by atoms with E-state index in [0.29, 0.717) is 26.1 Å². The van der Waals surface area contributed by atoms with Crippen LogP contribution < -0.4 is 0 Å². The van der Waals surface area contributed by atoms with Gasteiger partial charge in [-0.2, -0.15) is 0 Å². The molecule has 0 aromatic heterocycles. The Kier molecular flexibility index (Phi) is 14.9. The standard InChI is InChI=1S/2C6H9O3.2C4H9O.Zr/c2*1-2-9-5-6(8)3-4-7;2*1-3-4(2)5;/h2*2-3,5H2,1H3;2*4H,3H2,1-2H3;/q;;2*-1;+2. The molecule has 0 fully saturated rings. The van der Waals surface area contributed by atoms with Crippen molar-refractivity contribution in [2.45, 2.75) is 79.4 Å². The first-order valence-electron chi connectivity index (χ1n) is 10.3. The molecule has 0 saturated heterocycles. The topological polar surface area (TPSA) is 105 Å². The van der Waals surface area contributed by atoms with E-state index >= 15 is 0 Å². The summed E-state index contributed by atoms with van der Waals surface area (Å²) < 4.78 is 20.9. The average molecular weight is 496 g/mol. The quantitative estimate of drug-likeness (QED) is 0.267. The normalized spacial score (nSPS) is 13.7. The third-order valence-electron chi connectivity index (χ3n) is 4.27. The Morgan fingerprint density at radius 3 is 1.31 bits per heavy atom. The van der Waals surface area contributed by atoms with Gasteiger partial charge < -0.3 is 0 Å². The third-order valence-corrected chi connectivity index (χ3v) is 12.4. The monoisotopic (exact) mass is 494 g/mol. The van der Waals surface area contributed by atoms with Crippen LogP contribution in [-0.2, 0) is 55.4 Å². The third kappa shape index (κ3) is 10.3. The van der Waals surface area contributed by atoms with Gasteiger partial charge in [-0.25, -0.2) is 0 Å². The molecule has 0 spiro atoms. The van der Waals surface area contributed by atoms with Gasteiger partial charge in [-0.15, -0.1) is 0 Å². The van der Waals surface area contributed by atoms with Crippen molar-refractivity contribution in [2.75, 3.05) is 26.4 Å². The van der Waals surface area contributed by atoms with Crippen molar-refractivity contribution in [3.05, 3.63) is 0 Å². The molecular formula is C20H36O8Zr. The minimum atomic E-state index is -5.17. The molecule has 168 valence electrons. The maximum absolute atomic E-state index is 13.2. The summed E-state index contributed by atoms with van der Waals surface area (Å²) in [5.41, 5.74) is 0. The van der Waals surface area contributed by atoms with Crippen molar-refractivity contribution in [3.8, 4) is 0 Å². The average Bonchev–Trinajstić information content (AvgIpc) is 2.69. The van der Waals surface area contributed by atoms with Crippen molar-refractivity contribution in [1.29, 1.82) is 0 Å². The van der Waals surface area contributed by atoms with Crippen LogP contribution in [0.4, 0.5) is 0 Å². The molecule has 0 aromatic rings. The predicted molar refractivity (Wildman–Crippen MR) is 104 cm³/mol. The molecule has 2 unspecified atom stereocenters. The minimum absolute atomic E-state index is 0.214. The fourth-order valence-electron chi connectivity index (χ4n) is 2.30. The summed E-state index contributed by atoms with van der Waals surface area (Å²) in [4.78, 5) is 50.6. The van der Waals surface area contributed by atoms with Crippen LogP contribution in [0.15, 0.2) is 0 Å². The first kappa shape index (κ1) is 28.4. The zero-order valence-electron chi connectivity index (χ0n) is 18.6. The molecule has 0 heterocycles. The molecule has 8 nitrogen and oxygen atoms in total. The zero-order valence-corrected chi connectivity index (χ0v) is 21.0. The van der Waals surface area contributed by atoms with Gasteiger partial charge in [-0.05, 0) is 0 Å². The maximum atomic E-state index is 13.2. The second-order valence-electron chi connectivity index (χ2n) is 6.84. The molecule has 0 N–H and O–H groups in total. The molecule has 0 amide bonds. The van der Waals surface area contributed by atoms with E-state index in [1.54, 1.807) is 27.7 Å². The SMILES string of the molecule is CCOCC(=O)C[C](=O)[Zr]([O]C(C)CC)([O]C(C)CC)[C](=O)CC(=O)COCC. The molecule has 0 bridgehead atoms. The van der Waals surface area contributed by atoms with Crippen molar-refractivity contribution >= 4 is 18.5 Å². The van der Waals surface area contributed by atoms with E-state index < -0.39 is 64.7 Å². The Labute approximate surface area is 179 Å². The summed E-state index contributed by atoms with van der Waals surface area (Å²) in [6, 6.07) is 0. The van der Waals surface area contributed by atoms with Gasteiger partial charge in [0.05, 0.1) is 0 Å². The van der Waals surface area contributed by atoms with Gasteiger partial charge in [0.1, 0.15) is 0 Å². The Bertz CT molecular complexity index is 501. The molecule has 0 aliphatic heterocycles.